The van der Waals surface area contributed by atoms with Crippen LogP contribution in [0, 0.1) is 0 Å². The van der Waals surface area contributed by atoms with Crippen molar-refractivity contribution in [2.45, 2.75) is 0 Å². The summed E-state index contributed by atoms with van der Waals surface area (Å²) in [5.41, 5.74) is 2.70. The minimum Gasteiger partial charge on any atom is -0.409 e. The van der Waals surface area contributed by atoms with Crippen molar-refractivity contribution in [3.8, 4) is 5.75 Å². The lowest BCUT2D eigenvalue weighted by Gasteiger charge is -2.26. The third-order valence-electron chi connectivity index (χ3n) is 2.32. The average molecular weight is 221 g/mol. The SMILES string of the molecule is O=C(NN1CCNCC1)Oc1ccccc1. The summed E-state index contributed by atoms with van der Waals surface area (Å²) in [7, 11) is 0. The smallest absolute Gasteiger partial charge is 0.409 e. The Morgan fingerprint density at radius 1 is 1.25 bits per heavy atom. The van der Waals surface area contributed by atoms with Crippen LogP contribution in [0.25, 0.3) is 0 Å². The minimum absolute atomic E-state index is 0.437. The van der Waals surface area contributed by atoms with E-state index in [0.717, 1.165) is 26.2 Å². The number of ether oxygens (including phenoxy) is 1. The topological polar surface area (TPSA) is 53.6 Å². The number of nitrogens with one attached hydrogen (secondary N) is 2. The first-order chi connectivity index (χ1) is 7.84. The van der Waals surface area contributed by atoms with E-state index >= 15 is 0 Å². The summed E-state index contributed by atoms with van der Waals surface area (Å²) in [6.07, 6.45) is -0.437. The van der Waals surface area contributed by atoms with Gasteiger partial charge in [0.25, 0.3) is 0 Å². The molecule has 5 nitrogen and oxygen atoms in total. The zero-order chi connectivity index (χ0) is 11.2. The Balaban J connectivity index is 1.80. The van der Waals surface area contributed by atoms with Crippen LogP contribution >= 0.6 is 0 Å². The molecule has 0 saturated carbocycles. The lowest BCUT2D eigenvalue weighted by Crippen LogP contribution is -2.52. The highest BCUT2D eigenvalue weighted by Crippen LogP contribution is 2.08. The Morgan fingerprint density at radius 2 is 1.94 bits per heavy atom. The summed E-state index contributed by atoms with van der Waals surface area (Å²) >= 11 is 0. The van der Waals surface area contributed by atoms with Gasteiger partial charge in [0.1, 0.15) is 5.75 Å². The molecule has 0 aromatic heterocycles. The molecule has 16 heavy (non-hydrogen) atoms. The molecule has 0 atom stereocenters. The molecule has 0 radical (unpaired) electrons. The molecule has 1 saturated heterocycles. The van der Waals surface area contributed by atoms with E-state index in [1.807, 2.05) is 23.2 Å². The van der Waals surface area contributed by atoms with Crippen molar-refractivity contribution < 1.29 is 9.53 Å². The lowest BCUT2D eigenvalue weighted by molar-refractivity contribution is 0.134. The highest BCUT2D eigenvalue weighted by Gasteiger charge is 2.13. The molecule has 2 rings (SSSR count). The zero-order valence-electron chi connectivity index (χ0n) is 8.98. The largest absolute Gasteiger partial charge is 0.427 e. The summed E-state index contributed by atoms with van der Waals surface area (Å²) in [4.78, 5) is 11.5. The molecule has 86 valence electrons. The fourth-order valence-corrected chi connectivity index (χ4v) is 1.52. The van der Waals surface area contributed by atoms with Crippen LogP contribution in [0.5, 0.6) is 5.75 Å². The van der Waals surface area contributed by atoms with Crippen LogP contribution < -0.4 is 15.5 Å². The molecule has 5 heteroatoms. The maximum atomic E-state index is 11.5. The molecule has 1 aliphatic heterocycles. The fraction of sp³-hybridized carbons (Fsp3) is 0.364. The molecular weight excluding hydrogens is 206 g/mol. The number of benzene rings is 1. The van der Waals surface area contributed by atoms with Crippen LogP contribution in [0.3, 0.4) is 0 Å². The van der Waals surface area contributed by atoms with E-state index < -0.39 is 6.09 Å². The predicted molar refractivity (Wildman–Crippen MR) is 60.0 cm³/mol. The van der Waals surface area contributed by atoms with Gasteiger partial charge in [-0.3, -0.25) is 5.43 Å². The molecule has 2 N–H and O–H groups in total. The van der Waals surface area contributed by atoms with E-state index in [-0.39, 0.29) is 0 Å². The Bertz CT molecular complexity index is 336. The van der Waals surface area contributed by atoms with Crippen molar-refractivity contribution in [1.29, 1.82) is 0 Å². The highest BCUT2D eigenvalue weighted by atomic mass is 16.6. The average Bonchev–Trinajstić information content (AvgIpc) is 2.31. The van der Waals surface area contributed by atoms with Crippen molar-refractivity contribution in [2.75, 3.05) is 26.2 Å². The molecule has 1 aromatic carbocycles. The summed E-state index contributed by atoms with van der Waals surface area (Å²) in [6.45, 7) is 3.35. The number of hydrogen-bond donors (Lipinski definition) is 2. The van der Waals surface area contributed by atoms with Gasteiger partial charge in [0.2, 0.25) is 0 Å². The fourth-order valence-electron chi connectivity index (χ4n) is 1.52. The number of hydrazine groups is 1. The lowest BCUT2D eigenvalue weighted by atomic mass is 10.3. The van der Waals surface area contributed by atoms with Crippen LogP contribution in [-0.4, -0.2) is 37.3 Å². The standard InChI is InChI=1S/C11H15N3O2/c15-11(13-14-8-6-12-7-9-14)16-10-4-2-1-3-5-10/h1-5,12H,6-9H2,(H,13,15). The van der Waals surface area contributed by atoms with Gasteiger partial charge in [-0.2, -0.15) is 0 Å². The van der Waals surface area contributed by atoms with Crippen LogP contribution in [0.4, 0.5) is 4.79 Å². The van der Waals surface area contributed by atoms with Crippen molar-refractivity contribution in [3.05, 3.63) is 30.3 Å². The summed E-state index contributed by atoms with van der Waals surface area (Å²) in [6, 6.07) is 9.02. The van der Waals surface area contributed by atoms with Gasteiger partial charge < -0.3 is 10.1 Å². The molecule has 0 aliphatic carbocycles. The van der Waals surface area contributed by atoms with E-state index in [9.17, 15) is 4.79 Å². The molecule has 0 bridgehead atoms. The molecular formula is C11H15N3O2. The maximum Gasteiger partial charge on any atom is 0.427 e. The molecule has 1 fully saturated rings. The zero-order valence-corrected chi connectivity index (χ0v) is 8.98. The normalized spacial score (nSPS) is 16.8. The van der Waals surface area contributed by atoms with Crippen molar-refractivity contribution >= 4 is 6.09 Å². The van der Waals surface area contributed by atoms with E-state index in [2.05, 4.69) is 10.7 Å². The van der Waals surface area contributed by atoms with Crippen molar-refractivity contribution in [1.82, 2.24) is 15.8 Å². The van der Waals surface area contributed by atoms with Crippen LogP contribution in [0.2, 0.25) is 0 Å². The van der Waals surface area contributed by atoms with Gasteiger partial charge in [-0.25, -0.2) is 9.80 Å². The number of hydrogen-bond acceptors (Lipinski definition) is 4. The summed E-state index contributed by atoms with van der Waals surface area (Å²) in [5.74, 6) is 0.551. The first kappa shape index (κ1) is 10.9. The molecule has 1 amide bonds. The van der Waals surface area contributed by atoms with Gasteiger partial charge in [0.05, 0.1) is 0 Å². The van der Waals surface area contributed by atoms with Gasteiger partial charge in [-0.05, 0) is 12.1 Å². The number of para-hydroxylation sites is 1. The predicted octanol–water partition coefficient (Wildman–Crippen LogP) is 0.595. The number of piperazine rings is 1. The van der Waals surface area contributed by atoms with Crippen LogP contribution in [-0.2, 0) is 0 Å². The second-order valence-corrected chi connectivity index (χ2v) is 3.55. The van der Waals surface area contributed by atoms with Gasteiger partial charge in [-0.15, -0.1) is 0 Å². The molecule has 0 unspecified atom stereocenters. The van der Waals surface area contributed by atoms with Crippen molar-refractivity contribution in [3.63, 3.8) is 0 Å². The maximum absolute atomic E-state index is 11.5. The number of carbonyl (C=O) groups is 1. The number of carbonyl (C=O) groups excluding carboxylic acids is 1. The quantitative estimate of drug-likeness (QED) is 0.767. The number of amides is 1. The molecule has 1 aliphatic rings. The second kappa shape index (κ2) is 5.48. The van der Waals surface area contributed by atoms with E-state index in [4.69, 9.17) is 4.74 Å². The van der Waals surface area contributed by atoms with E-state index in [1.165, 1.54) is 0 Å². The molecule has 0 spiro atoms. The van der Waals surface area contributed by atoms with Gasteiger partial charge in [0.15, 0.2) is 0 Å². The summed E-state index contributed by atoms with van der Waals surface area (Å²) < 4.78 is 5.10. The van der Waals surface area contributed by atoms with Gasteiger partial charge in [-0.1, -0.05) is 18.2 Å². The Hall–Kier alpha value is -1.59. The van der Waals surface area contributed by atoms with E-state index in [0.29, 0.717) is 5.75 Å². The third kappa shape index (κ3) is 3.22. The molecule has 1 heterocycles. The first-order valence-electron chi connectivity index (χ1n) is 5.34. The van der Waals surface area contributed by atoms with Crippen molar-refractivity contribution in [2.24, 2.45) is 0 Å². The molecule has 1 aromatic rings. The highest BCUT2D eigenvalue weighted by molar-refractivity contribution is 5.69. The monoisotopic (exact) mass is 221 g/mol. The van der Waals surface area contributed by atoms with Gasteiger partial charge >= 0.3 is 6.09 Å². The number of nitrogens with zero attached hydrogens (tertiary/aromatic N) is 1. The van der Waals surface area contributed by atoms with Crippen LogP contribution in [0.15, 0.2) is 30.3 Å². The van der Waals surface area contributed by atoms with Gasteiger partial charge in [0, 0.05) is 26.2 Å². The Kier molecular flexibility index (Phi) is 3.74. The Labute approximate surface area is 94.4 Å². The summed E-state index contributed by atoms with van der Waals surface area (Å²) in [5, 5.41) is 5.05. The number of rotatable bonds is 2. The minimum atomic E-state index is -0.437. The second-order valence-electron chi connectivity index (χ2n) is 3.55. The Morgan fingerprint density at radius 3 is 2.62 bits per heavy atom. The first-order valence-corrected chi connectivity index (χ1v) is 5.34. The van der Waals surface area contributed by atoms with E-state index in [1.54, 1.807) is 12.1 Å². The third-order valence-corrected chi connectivity index (χ3v) is 2.32. The van der Waals surface area contributed by atoms with Crippen LogP contribution in [0.1, 0.15) is 0 Å².